The molecule has 8 nitrogen and oxygen atoms in total. The van der Waals surface area contributed by atoms with Gasteiger partial charge in [-0.1, -0.05) is 0 Å². The number of aliphatic hydroxyl groups is 1. The molecule has 0 spiro atoms. The van der Waals surface area contributed by atoms with E-state index in [-0.39, 0.29) is 33.2 Å². The minimum atomic E-state index is -4.62. The van der Waals surface area contributed by atoms with Crippen molar-refractivity contribution >= 4 is 29.0 Å². The third-order valence-electron chi connectivity index (χ3n) is 7.54. The Kier molecular flexibility index (Phi) is 7.05. The lowest BCUT2D eigenvalue weighted by atomic mass is 9.89. The van der Waals surface area contributed by atoms with Crippen molar-refractivity contribution in [1.29, 1.82) is 0 Å². The average Bonchev–Trinajstić information content (AvgIpc) is 3.60. The SMILES string of the molecule is C[C@H](Nc1cc(C(F)F)c(-c2sc(C(=O)N[C@H]3CC[C@@H]3O)nc2C(=O)N2[C@H]3CC[C@H]2CC3)cn1)C(F)(F)F. The molecule has 0 radical (unpaired) electrons. The lowest BCUT2D eigenvalue weighted by Gasteiger charge is -2.32. The number of hydrogen-bond donors (Lipinski definition) is 3. The Hall–Kier alpha value is -2.87. The Labute approximate surface area is 218 Å². The average molecular weight is 560 g/mol. The summed E-state index contributed by atoms with van der Waals surface area (Å²) in [4.78, 5) is 36.4. The minimum Gasteiger partial charge on any atom is -0.391 e. The first-order valence-electron chi connectivity index (χ1n) is 12.4. The third-order valence-corrected chi connectivity index (χ3v) is 8.62. The van der Waals surface area contributed by atoms with Gasteiger partial charge in [0.05, 0.1) is 17.0 Å². The lowest BCUT2D eigenvalue weighted by Crippen LogP contribution is -2.50. The van der Waals surface area contributed by atoms with E-state index in [1.165, 1.54) is 0 Å². The molecule has 2 aromatic rings. The molecule has 0 unspecified atom stereocenters. The number of anilines is 1. The molecule has 3 aliphatic rings. The molecule has 38 heavy (non-hydrogen) atoms. The molecular weight excluding hydrogens is 533 g/mol. The molecule has 2 aliphatic heterocycles. The van der Waals surface area contributed by atoms with Gasteiger partial charge >= 0.3 is 6.18 Å². The molecular formula is C24H26F5N5O3S. The summed E-state index contributed by atoms with van der Waals surface area (Å²) in [6, 6.07) is -1.67. The van der Waals surface area contributed by atoms with Gasteiger partial charge in [0, 0.05) is 29.4 Å². The summed E-state index contributed by atoms with van der Waals surface area (Å²) in [5.41, 5.74) is -0.984. The van der Waals surface area contributed by atoms with Gasteiger partial charge in [0.2, 0.25) is 0 Å². The zero-order chi connectivity index (χ0) is 27.4. The number of fused-ring (bicyclic) bond motifs is 2. The maximum Gasteiger partial charge on any atom is 0.408 e. The largest absolute Gasteiger partial charge is 0.408 e. The van der Waals surface area contributed by atoms with Gasteiger partial charge in [-0.2, -0.15) is 13.2 Å². The van der Waals surface area contributed by atoms with E-state index >= 15 is 0 Å². The Balaban J connectivity index is 1.53. The highest BCUT2D eigenvalue weighted by molar-refractivity contribution is 7.17. The summed E-state index contributed by atoms with van der Waals surface area (Å²) in [7, 11) is 0. The summed E-state index contributed by atoms with van der Waals surface area (Å²) in [6.07, 6.45) is -3.05. The molecule has 206 valence electrons. The second-order valence-electron chi connectivity index (χ2n) is 9.96. The van der Waals surface area contributed by atoms with E-state index in [1.807, 2.05) is 0 Å². The van der Waals surface area contributed by atoms with Gasteiger partial charge in [-0.05, 0) is 51.5 Å². The number of thiazole rings is 1. The smallest absolute Gasteiger partial charge is 0.391 e. The first kappa shape index (κ1) is 26.7. The van der Waals surface area contributed by atoms with Crippen molar-refractivity contribution in [2.24, 2.45) is 0 Å². The van der Waals surface area contributed by atoms with Crippen LogP contribution in [0.5, 0.6) is 0 Å². The van der Waals surface area contributed by atoms with Crippen molar-refractivity contribution in [2.45, 2.75) is 88.3 Å². The van der Waals surface area contributed by atoms with Gasteiger partial charge in [-0.15, -0.1) is 11.3 Å². The van der Waals surface area contributed by atoms with Crippen molar-refractivity contribution < 1.29 is 36.6 Å². The fourth-order valence-electron chi connectivity index (χ4n) is 5.22. The normalized spacial score (nSPS) is 25.4. The summed E-state index contributed by atoms with van der Waals surface area (Å²) in [5, 5.41) is 14.4. The number of hydrogen-bond acceptors (Lipinski definition) is 7. The summed E-state index contributed by atoms with van der Waals surface area (Å²) >= 11 is 0.738. The van der Waals surface area contributed by atoms with Crippen LogP contribution >= 0.6 is 11.3 Å². The van der Waals surface area contributed by atoms with E-state index in [1.54, 1.807) is 4.90 Å². The Bertz CT molecular complexity index is 1220. The van der Waals surface area contributed by atoms with Crippen LogP contribution in [0.3, 0.4) is 0 Å². The minimum absolute atomic E-state index is 0.00109. The molecule has 2 saturated heterocycles. The topological polar surface area (TPSA) is 107 Å². The van der Waals surface area contributed by atoms with Crippen LogP contribution in [0, 0.1) is 0 Å². The molecule has 0 aromatic carbocycles. The molecule has 3 fully saturated rings. The number of nitrogens with one attached hydrogen (secondary N) is 2. The molecule has 3 atom stereocenters. The highest BCUT2D eigenvalue weighted by Gasteiger charge is 2.44. The van der Waals surface area contributed by atoms with E-state index in [0.717, 1.165) is 56.2 Å². The molecule has 2 amide bonds. The van der Waals surface area contributed by atoms with Crippen molar-refractivity contribution in [3.8, 4) is 10.4 Å². The number of aliphatic hydroxyl groups excluding tert-OH is 1. The Morgan fingerprint density at radius 3 is 2.32 bits per heavy atom. The summed E-state index contributed by atoms with van der Waals surface area (Å²) in [6.45, 7) is 0.839. The summed E-state index contributed by atoms with van der Waals surface area (Å²) < 4.78 is 67.3. The van der Waals surface area contributed by atoms with Gasteiger partial charge in [0.25, 0.3) is 18.2 Å². The van der Waals surface area contributed by atoms with E-state index in [2.05, 4.69) is 20.6 Å². The van der Waals surface area contributed by atoms with E-state index in [4.69, 9.17) is 0 Å². The van der Waals surface area contributed by atoms with Crippen LogP contribution in [0.1, 0.15) is 77.7 Å². The number of nitrogens with zero attached hydrogens (tertiary/aromatic N) is 3. The highest BCUT2D eigenvalue weighted by Crippen LogP contribution is 2.42. The maximum absolute atomic E-state index is 14.2. The van der Waals surface area contributed by atoms with Crippen LogP contribution in [0.25, 0.3) is 10.4 Å². The molecule has 3 N–H and O–H groups in total. The Morgan fingerprint density at radius 1 is 1.13 bits per heavy atom. The molecule has 2 aromatic heterocycles. The lowest BCUT2D eigenvalue weighted by molar-refractivity contribution is -0.138. The standard InChI is InChI=1S/C24H26F5N5O3S/c1-10(24(27,28)29)31-17-8-13(20(25)26)14(9-30-17)19-18(23(37)34-11-2-3-12(34)5-4-11)33-22(38-19)21(36)32-15-6-7-16(15)35/h8-12,15-16,20,35H,2-7H2,1H3,(H,30,31)(H,32,36)/t10-,11-,12-,15-,16-/m0/s1. The van der Waals surface area contributed by atoms with Crippen LogP contribution in [-0.2, 0) is 0 Å². The van der Waals surface area contributed by atoms with E-state index in [0.29, 0.717) is 12.8 Å². The zero-order valence-corrected chi connectivity index (χ0v) is 21.1. The number of carbonyl (C=O) groups excluding carboxylic acids is 2. The van der Waals surface area contributed by atoms with E-state index < -0.39 is 54.0 Å². The van der Waals surface area contributed by atoms with Crippen molar-refractivity contribution in [3.05, 3.63) is 28.5 Å². The van der Waals surface area contributed by atoms with Crippen molar-refractivity contribution in [1.82, 2.24) is 20.2 Å². The third kappa shape index (κ3) is 4.95. The Morgan fingerprint density at radius 2 is 1.79 bits per heavy atom. The second-order valence-corrected chi connectivity index (χ2v) is 11.0. The monoisotopic (exact) mass is 559 g/mol. The molecule has 14 heteroatoms. The summed E-state index contributed by atoms with van der Waals surface area (Å²) in [5.74, 6) is -1.52. The molecule has 1 saturated carbocycles. The van der Waals surface area contributed by atoms with Crippen LogP contribution in [0.4, 0.5) is 27.8 Å². The fourth-order valence-corrected chi connectivity index (χ4v) is 6.21. The van der Waals surface area contributed by atoms with Gasteiger partial charge in [0.15, 0.2) is 5.01 Å². The first-order valence-corrected chi connectivity index (χ1v) is 13.2. The zero-order valence-electron chi connectivity index (χ0n) is 20.3. The van der Waals surface area contributed by atoms with Gasteiger partial charge in [0.1, 0.15) is 17.6 Å². The number of halogens is 5. The molecule has 5 rings (SSSR count). The predicted octanol–water partition coefficient (Wildman–Crippen LogP) is 4.53. The van der Waals surface area contributed by atoms with Gasteiger partial charge in [-0.25, -0.2) is 18.7 Å². The number of rotatable bonds is 7. The second kappa shape index (κ2) is 10.0. The van der Waals surface area contributed by atoms with Crippen LogP contribution in [-0.4, -0.2) is 68.2 Å². The van der Waals surface area contributed by atoms with Crippen LogP contribution in [0.2, 0.25) is 0 Å². The number of pyridine rings is 1. The quantitative estimate of drug-likeness (QED) is 0.431. The van der Waals surface area contributed by atoms with Gasteiger partial charge < -0.3 is 20.6 Å². The number of alkyl halides is 5. The van der Waals surface area contributed by atoms with Crippen molar-refractivity contribution in [2.75, 3.05) is 5.32 Å². The fraction of sp³-hybridized carbons (Fsp3) is 0.583. The number of amides is 2. The number of aromatic nitrogens is 2. The highest BCUT2D eigenvalue weighted by atomic mass is 32.1. The maximum atomic E-state index is 14.2. The van der Waals surface area contributed by atoms with Gasteiger partial charge in [-0.3, -0.25) is 9.59 Å². The molecule has 1 aliphatic carbocycles. The van der Waals surface area contributed by atoms with E-state index in [9.17, 15) is 36.6 Å². The van der Waals surface area contributed by atoms with Crippen LogP contribution < -0.4 is 10.6 Å². The first-order chi connectivity index (χ1) is 17.9. The number of carbonyl (C=O) groups is 2. The van der Waals surface area contributed by atoms with Crippen LogP contribution in [0.15, 0.2) is 12.3 Å². The molecule has 4 heterocycles. The molecule has 2 bridgehead atoms. The van der Waals surface area contributed by atoms with Crippen molar-refractivity contribution in [3.63, 3.8) is 0 Å². The predicted molar refractivity (Wildman–Crippen MR) is 128 cm³/mol.